The second-order valence-electron chi connectivity index (χ2n) is 2.44. The topological polar surface area (TPSA) is 67.8 Å². The minimum Gasteiger partial charge on any atom is -0.382 e. The minimum absolute atomic E-state index is 0.212. The molecule has 2 N–H and O–H groups in total. The molecule has 1 aliphatic carbocycles. The quantitative estimate of drug-likeness (QED) is 0.435. The molecule has 56 valence electrons. The first-order valence-electron chi connectivity index (χ1n) is 3.06. The molecule has 2 fully saturated rings. The van der Waals surface area contributed by atoms with E-state index in [4.69, 9.17) is 14.8 Å². The molecule has 0 aromatic carbocycles. The van der Waals surface area contributed by atoms with Gasteiger partial charge >= 0.3 is 0 Å². The van der Waals surface area contributed by atoms with Crippen LogP contribution in [0.4, 0.5) is 0 Å². The molecular weight excluding hydrogens is 138 g/mol. The maximum absolute atomic E-state index is 10.7. The molecule has 1 saturated heterocycles. The molecule has 3 unspecified atom stereocenters. The molecule has 0 bridgehead atoms. The molecule has 0 aromatic rings. The molecule has 5 nitrogen and oxygen atoms in total. The van der Waals surface area contributed by atoms with Gasteiger partial charge in [0.1, 0.15) is 18.3 Å². The summed E-state index contributed by atoms with van der Waals surface area (Å²) in [5, 5.41) is 9.07. The van der Waals surface area contributed by atoms with E-state index >= 15 is 0 Å². The van der Waals surface area contributed by atoms with Crippen LogP contribution in [0.2, 0.25) is 0 Å². The van der Waals surface area contributed by atoms with Crippen LogP contribution in [0.5, 0.6) is 0 Å². The number of aliphatic hydroxyl groups is 1. The summed E-state index contributed by atoms with van der Waals surface area (Å²) in [6.45, 7) is 0. The molecule has 1 saturated carbocycles. The van der Waals surface area contributed by atoms with Gasteiger partial charge in [0.25, 0.3) is 0 Å². The minimum atomic E-state index is -1.01. The lowest BCUT2D eigenvalue weighted by molar-refractivity contribution is -0.142. The summed E-state index contributed by atoms with van der Waals surface area (Å²) in [7, 11) is 0. The van der Waals surface area contributed by atoms with E-state index in [0.29, 0.717) is 0 Å². The fourth-order valence-electron chi connectivity index (χ4n) is 1.22. The van der Waals surface area contributed by atoms with E-state index in [1.807, 2.05) is 0 Å². The highest BCUT2D eigenvalue weighted by Gasteiger charge is 2.47. The standard InChI is InChI=1S/C5H7NO4/c7-2-1-3-5(4(2)8)10-6-9-3/h3-6,8H,1H2. The summed E-state index contributed by atoms with van der Waals surface area (Å²) in [6.07, 6.45) is -1.59. The van der Waals surface area contributed by atoms with Crippen LogP contribution >= 0.6 is 0 Å². The van der Waals surface area contributed by atoms with Crippen molar-refractivity contribution in [2.45, 2.75) is 24.7 Å². The largest absolute Gasteiger partial charge is 0.382 e. The summed E-state index contributed by atoms with van der Waals surface area (Å²) in [5.41, 5.74) is 2.16. The highest BCUT2D eigenvalue weighted by atomic mass is 17.0. The van der Waals surface area contributed by atoms with Crippen LogP contribution < -0.4 is 5.64 Å². The van der Waals surface area contributed by atoms with Crippen LogP contribution in [0.25, 0.3) is 0 Å². The summed E-state index contributed by atoms with van der Waals surface area (Å²) >= 11 is 0. The lowest BCUT2D eigenvalue weighted by Crippen LogP contribution is -2.29. The molecule has 1 aliphatic heterocycles. The SMILES string of the molecule is O=C1CC2ONOC2C1O. The highest BCUT2D eigenvalue weighted by Crippen LogP contribution is 2.24. The molecule has 5 heteroatoms. The Bertz CT molecular complexity index is 171. The van der Waals surface area contributed by atoms with Crippen molar-refractivity contribution < 1.29 is 19.6 Å². The van der Waals surface area contributed by atoms with Crippen LogP contribution in [0, 0.1) is 0 Å². The number of carbonyl (C=O) groups is 1. The van der Waals surface area contributed by atoms with Crippen LogP contribution in [-0.4, -0.2) is 29.2 Å². The van der Waals surface area contributed by atoms with Gasteiger partial charge in [0.2, 0.25) is 0 Å². The van der Waals surface area contributed by atoms with Crippen LogP contribution in [0.3, 0.4) is 0 Å². The lowest BCUT2D eigenvalue weighted by atomic mass is 10.2. The Hall–Kier alpha value is -0.490. The molecule has 2 rings (SSSR count). The number of Topliss-reactive ketones (excluding diaryl/α,β-unsaturated/α-hetero) is 1. The predicted octanol–water partition coefficient (Wildman–Crippen LogP) is -1.48. The second kappa shape index (κ2) is 2.00. The number of carbonyl (C=O) groups excluding carboxylic acids is 1. The van der Waals surface area contributed by atoms with Crippen molar-refractivity contribution in [2.24, 2.45) is 0 Å². The Morgan fingerprint density at radius 2 is 2.40 bits per heavy atom. The number of aliphatic hydroxyl groups excluding tert-OH is 1. The summed E-state index contributed by atoms with van der Waals surface area (Å²) in [6, 6.07) is 0. The van der Waals surface area contributed by atoms with Gasteiger partial charge in [-0.3, -0.25) is 14.5 Å². The van der Waals surface area contributed by atoms with Gasteiger partial charge in [-0.05, 0) is 0 Å². The Kier molecular flexibility index (Phi) is 1.24. The maximum atomic E-state index is 10.7. The average molecular weight is 145 g/mol. The number of ketones is 1. The van der Waals surface area contributed by atoms with Crippen molar-refractivity contribution in [3.8, 4) is 0 Å². The Labute approximate surface area is 56.8 Å². The van der Waals surface area contributed by atoms with Crippen LogP contribution in [-0.2, 0) is 14.5 Å². The second-order valence-corrected chi connectivity index (χ2v) is 2.44. The first-order valence-corrected chi connectivity index (χ1v) is 3.06. The molecule has 0 spiro atoms. The smallest absolute Gasteiger partial charge is 0.166 e. The fraction of sp³-hybridized carbons (Fsp3) is 0.800. The molecule has 10 heavy (non-hydrogen) atoms. The monoisotopic (exact) mass is 145 g/mol. The zero-order chi connectivity index (χ0) is 7.14. The van der Waals surface area contributed by atoms with Crippen molar-refractivity contribution in [1.82, 2.24) is 5.64 Å². The van der Waals surface area contributed by atoms with Gasteiger partial charge < -0.3 is 5.11 Å². The third kappa shape index (κ3) is 0.688. The maximum Gasteiger partial charge on any atom is 0.166 e. The molecular formula is C5H7NO4. The van der Waals surface area contributed by atoms with Gasteiger partial charge in [0.05, 0.1) is 0 Å². The van der Waals surface area contributed by atoms with Crippen LogP contribution in [0.1, 0.15) is 6.42 Å². The van der Waals surface area contributed by atoms with E-state index < -0.39 is 12.2 Å². The molecule has 0 amide bonds. The molecule has 2 aliphatic rings. The van der Waals surface area contributed by atoms with Crippen molar-refractivity contribution in [1.29, 1.82) is 0 Å². The number of rotatable bonds is 0. The zero-order valence-electron chi connectivity index (χ0n) is 5.11. The number of nitrogens with one attached hydrogen (secondary N) is 1. The van der Waals surface area contributed by atoms with Crippen molar-refractivity contribution in [3.63, 3.8) is 0 Å². The highest BCUT2D eigenvalue weighted by molar-refractivity contribution is 5.86. The molecule has 3 atom stereocenters. The van der Waals surface area contributed by atoms with Gasteiger partial charge in [-0.25, -0.2) is 0 Å². The van der Waals surface area contributed by atoms with E-state index in [1.54, 1.807) is 0 Å². The summed E-state index contributed by atoms with van der Waals surface area (Å²) in [5.74, 6) is -0.212. The zero-order valence-corrected chi connectivity index (χ0v) is 5.11. The van der Waals surface area contributed by atoms with E-state index in [-0.39, 0.29) is 18.3 Å². The first kappa shape index (κ1) is 6.23. The average Bonchev–Trinajstić information content (AvgIpc) is 2.41. The van der Waals surface area contributed by atoms with E-state index in [0.717, 1.165) is 0 Å². The van der Waals surface area contributed by atoms with Gasteiger partial charge in [-0.1, -0.05) is 5.64 Å². The van der Waals surface area contributed by atoms with Crippen molar-refractivity contribution in [3.05, 3.63) is 0 Å². The molecule has 1 heterocycles. The van der Waals surface area contributed by atoms with Crippen molar-refractivity contribution >= 4 is 5.78 Å². The number of hydrogen-bond acceptors (Lipinski definition) is 5. The van der Waals surface area contributed by atoms with Gasteiger partial charge in [-0.2, -0.15) is 0 Å². The third-order valence-electron chi connectivity index (χ3n) is 1.79. The van der Waals surface area contributed by atoms with Gasteiger partial charge in [0.15, 0.2) is 5.78 Å². The van der Waals surface area contributed by atoms with E-state index in [2.05, 4.69) is 5.64 Å². The molecule has 0 aromatic heterocycles. The number of fused-ring (bicyclic) bond motifs is 1. The first-order chi connectivity index (χ1) is 4.79. The Morgan fingerprint density at radius 3 is 3.10 bits per heavy atom. The fourth-order valence-corrected chi connectivity index (χ4v) is 1.22. The van der Waals surface area contributed by atoms with E-state index in [1.165, 1.54) is 0 Å². The lowest BCUT2D eigenvalue weighted by Gasteiger charge is -2.05. The van der Waals surface area contributed by atoms with Gasteiger partial charge in [0, 0.05) is 6.42 Å². The Morgan fingerprint density at radius 1 is 1.60 bits per heavy atom. The van der Waals surface area contributed by atoms with Gasteiger partial charge in [-0.15, -0.1) is 0 Å². The van der Waals surface area contributed by atoms with E-state index in [9.17, 15) is 4.79 Å². The molecule has 0 radical (unpaired) electrons. The Balaban J connectivity index is 2.16. The normalized spacial score (nSPS) is 46.1. The van der Waals surface area contributed by atoms with Crippen LogP contribution in [0.15, 0.2) is 0 Å². The van der Waals surface area contributed by atoms with Crippen molar-refractivity contribution in [2.75, 3.05) is 0 Å². The summed E-state index contributed by atoms with van der Waals surface area (Å²) in [4.78, 5) is 20.2. The number of hydrogen-bond donors (Lipinski definition) is 2. The summed E-state index contributed by atoms with van der Waals surface area (Å²) < 4.78 is 0. The predicted molar refractivity (Wildman–Crippen MR) is 28.5 cm³/mol. The third-order valence-corrected chi connectivity index (χ3v) is 1.79.